The minimum Gasteiger partial charge on any atom is -0.493 e. The molecular formula is C16H25BrN2O2. The molecule has 21 heavy (non-hydrogen) atoms. The second kappa shape index (κ2) is 8.01. The number of likely N-dealkylation sites (tertiary alicyclic amines) is 1. The highest BCUT2D eigenvalue weighted by Crippen LogP contribution is 2.34. The van der Waals surface area contributed by atoms with E-state index in [2.05, 4.69) is 39.1 Å². The van der Waals surface area contributed by atoms with E-state index in [4.69, 9.17) is 9.47 Å². The summed E-state index contributed by atoms with van der Waals surface area (Å²) < 4.78 is 11.9. The van der Waals surface area contributed by atoms with E-state index in [9.17, 15) is 0 Å². The van der Waals surface area contributed by atoms with Gasteiger partial charge in [-0.1, -0.05) is 22.9 Å². The first-order valence-corrected chi connectivity index (χ1v) is 8.34. The molecule has 1 aromatic carbocycles. The highest BCUT2D eigenvalue weighted by atomic mass is 79.9. The molecule has 0 spiro atoms. The topological polar surface area (TPSA) is 33.7 Å². The summed E-state index contributed by atoms with van der Waals surface area (Å²) in [5.74, 6) is 1.58. The number of benzene rings is 1. The van der Waals surface area contributed by atoms with Crippen LogP contribution in [0.1, 0.15) is 25.3 Å². The first kappa shape index (κ1) is 16.6. The van der Waals surface area contributed by atoms with Gasteiger partial charge in [0.1, 0.15) is 0 Å². The molecule has 0 amide bonds. The minimum atomic E-state index is 0.662. The summed E-state index contributed by atoms with van der Waals surface area (Å²) in [7, 11) is 3.35. The molecule has 0 radical (unpaired) electrons. The Kier molecular flexibility index (Phi) is 6.33. The molecule has 5 heteroatoms. The summed E-state index contributed by atoms with van der Waals surface area (Å²) in [6.45, 7) is 6.41. The van der Waals surface area contributed by atoms with Crippen molar-refractivity contribution in [2.24, 2.45) is 0 Å². The Balaban J connectivity index is 1.98. The van der Waals surface area contributed by atoms with E-state index < -0.39 is 0 Å². The van der Waals surface area contributed by atoms with Crippen LogP contribution in [0, 0.1) is 0 Å². The first-order valence-electron chi connectivity index (χ1n) is 7.54. The van der Waals surface area contributed by atoms with E-state index in [0.29, 0.717) is 6.04 Å². The van der Waals surface area contributed by atoms with Gasteiger partial charge in [0.05, 0.1) is 14.2 Å². The SMILES string of the molecule is CCN1CCC[C@H]1CNCc1cc(Br)cc(OC)c1OC. The summed E-state index contributed by atoms with van der Waals surface area (Å²) in [5, 5.41) is 3.56. The molecule has 0 unspecified atom stereocenters. The van der Waals surface area contributed by atoms with Crippen molar-refractivity contribution in [2.75, 3.05) is 33.9 Å². The van der Waals surface area contributed by atoms with Gasteiger partial charge in [-0.3, -0.25) is 4.90 Å². The van der Waals surface area contributed by atoms with Crippen LogP contribution in [-0.2, 0) is 6.54 Å². The molecule has 1 aliphatic heterocycles. The van der Waals surface area contributed by atoms with Gasteiger partial charge in [-0.25, -0.2) is 0 Å². The molecule has 1 aliphatic rings. The number of halogens is 1. The molecule has 0 bridgehead atoms. The molecule has 1 heterocycles. The maximum absolute atomic E-state index is 5.49. The quantitative estimate of drug-likeness (QED) is 0.813. The van der Waals surface area contributed by atoms with Gasteiger partial charge in [0, 0.05) is 29.2 Å². The molecule has 0 saturated carbocycles. The lowest BCUT2D eigenvalue weighted by atomic mass is 10.1. The van der Waals surface area contributed by atoms with Crippen LogP contribution < -0.4 is 14.8 Å². The van der Waals surface area contributed by atoms with Crippen LogP contribution in [0.25, 0.3) is 0 Å². The maximum atomic E-state index is 5.49. The fraction of sp³-hybridized carbons (Fsp3) is 0.625. The van der Waals surface area contributed by atoms with Crippen molar-refractivity contribution >= 4 is 15.9 Å². The van der Waals surface area contributed by atoms with Crippen molar-refractivity contribution in [3.63, 3.8) is 0 Å². The van der Waals surface area contributed by atoms with Crippen LogP contribution in [0.3, 0.4) is 0 Å². The molecule has 1 atom stereocenters. The standard InChI is InChI=1S/C16H25BrN2O2/c1-4-19-7-5-6-14(19)11-18-10-12-8-13(17)9-15(20-2)16(12)21-3/h8-9,14,18H,4-7,10-11H2,1-3H3/t14-/m0/s1. The lowest BCUT2D eigenvalue weighted by Crippen LogP contribution is -2.37. The third kappa shape index (κ3) is 4.11. The van der Waals surface area contributed by atoms with Gasteiger partial charge in [-0.05, 0) is 38.1 Å². The average Bonchev–Trinajstić information content (AvgIpc) is 2.94. The van der Waals surface area contributed by atoms with Gasteiger partial charge < -0.3 is 14.8 Å². The number of likely N-dealkylation sites (N-methyl/N-ethyl adjacent to an activating group) is 1. The van der Waals surface area contributed by atoms with Gasteiger partial charge in [0.2, 0.25) is 0 Å². The maximum Gasteiger partial charge on any atom is 0.165 e. The number of nitrogens with zero attached hydrogens (tertiary/aromatic N) is 1. The Bertz CT molecular complexity index is 468. The molecule has 118 valence electrons. The number of rotatable bonds is 7. The number of methoxy groups -OCH3 is 2. The van der Waals surface area contributed by atoms with Crippen molar-refractivity contribution in [2.45, 2.75) is 32.4 Å². The fourth-order valence-corrected chi connectivity index (χ4v) is 3.54. The summed E-state index contributed by atoms with van der Waals surface area (Å²) >= 11 is 3.52. The van der Waals surface area contributed by atoms with Crippen LogP contribution in [0.2, 0.25) is 0 Å². The molecule has 1 aromatic rings. The Morgan fingerprint density at radius 3 is 2.81 bits per heavy atom. The zero-order valence-corrected chi connectivity index (χ0v) is 14.7. The summed E-state index contributed by atoms with van der Waals surface area (Å²) in [6, 6.07) is 4.67. The Morgan fingerprint density at radius 2 is 2.14 bits per heavy atom. The van der Waals surface area contributed by atoms with Gasteiger partial charge in [-0.2, -0.15) is 0 Å². The first-order chi connectivity index (χ1) is 10.2. The third-order valence-electron chi connectivity index (χ3n) is 4.12. The molecular weight excluding hydrogens is 332 g/mol. The summed E-state index contributed by atoms with van der Waals surface area (Å²) in [6.07, 6.45) is 2.61. The fourth-order valence-electron chi connectivity index (χ4n) is 3.05. The van der Waals surface area contributed by atoms with Gasteiger partial charge in [0.15, 0.2) is 11.5 Å². The lowest BCUT2D eigenvalue weighted by molar-refractivity contribution is 0.259. The van der Waals surface area contributed by atoms with Gasteiger partial charge in [0.25, 0.3) is 0 Å². The largest absolute Gasteiger partial charge is 0.493 e. The van der Waals surface area contributed by atoms with Crippen LogP contribution in [0.5, 0.6) is 11.5 Å². The predicted octanol–water partition coefficient (Wildman–Crippen LogP) is 3.04. The lowest BCUT2D eigenvalue weighted by Gasteiger charge is -2.23. The van der Waals surface area contributed by atoms with Crippen molar-refractivity contribution in [1.82, 2.24) is 10.2 Å². The smallest absolute Gasteiger partial charge is 0.165 e. The summed E-state index contributed by atoms with van der Waals surface area (Å²) in [5.41, 5.74) is 1.12. The molecule has 0 aliphatic carbocycles. The van der Waals surface area contributed by atoms with E-state index in [1.165, 1.54) is 19.4 Å². The van der Waals surface area contributed by atoms with Crippen molar-refractivity contribution in [3.8, 4) is 11.5 Å². The van der Waals surface area contributed by atoms with E-state index in [1.54, 1.807) is 14.2 Å². The average molecular weight is 357 g/mol. The number of hydrogen-bond donors (Lipinski definition) is 1. The Morgan fingerprint density at radius 1 is 1.33 bits per heavy atom. The highest BCUT2D eigenvalue weighted by molar-refractivity contribution is 9.10. The zero-order chi connectivity index (χ0) is 15.2. The van der Waals surface area contributed by atoms with Crippen molar-refractivity contribution < 1.29 is 9.47 Å². The van der Waals surface area contributed by atoms with Crippen molar-refractivity contribution in [3.05, 3.63) is 22.2 Å². The Labute approximate surface area is 135 Å². The number of ether oxygens (including phenoxy) is 2. The monoisotopic (exact) mass is 356 g/mol. The second-order valence-corrected chi connectivity index (χ2v) is 6.27. The van der Waals surface area contributed by atoms with Crippen molar-refractivity contribution in [1.29, 1.82) is 0 Å². The van der Waals surface area contributed by atoms with Crippen LogP contribution in [0.4, 0.5) is 0 Å². The zero-order valence-electron chi connectivity index (χ0n) is 13.1. The minimum absolute atomic E-state index is 0.662. The second-order valence-electron chi connectivity index (χ2n) is 5.36. The van der Waals surface area contributed by atoms with Gasteiger partial charge >= 0.3 is 0 Å². The number of hydrogen-bond acceptors (Lipinski definition) is 4. The molecule has 1 N–H and O–H groups in total. The predicted molar refractivity (Wildman–Crippen MR) is 89.2 cm³/mol. The molecule has 1 fully saturated rings. The van der Waals surface area contributed by atoms with E-state index in [0.717, 1.165) is 41.2 Å². The van der Waals surface area contributed by atoms with Crippen LogP contribution in [-0.4, -0.2) is 44.8 Å². The van der Waals surface area contributed by atoms with E-state index in [1.807, 2.05) is 6.07 Å². The molecule has 2 rings (SSSR count). The molecule has 4 nitrogen and oxygen atoms in total. The van der Waals surface area contributed by atoms with Crippen LogP contribution in [0.15, 0.2) is 16.6 Å². The third-order valence-corrected chi connectivity index (χ3v) is 4.58. The van der Waals surface area contributed by atoms with E-state index >= 15 is 0 Å². The Hall–Kier alpha value is -0.780. The summed E-state index contributed by atoms with van der Waals surface area (Å²) in [4.78, 5) is 2.55. The molecule has 1 saturated heterocycles. The number of nitrogens with one attached hydrogen (secondary N) is 1. The van der Waals surface area contributed by atoms with Gasteiger partial charge in [-0.15, -0.1) is 0 Å². The highest BCUT2D eigenvalue weighted by Gasteiger charge is 2.22. The van der Waals surface area contributed by atoms with Crippen LogP contribution >= 0.6 is 15.9 Å². The molecule has 0 aromatic heterocycles. The van der Waals surface area contributed by atoms with E-state index in [-0.39, 0.29) is 0 Å². The normalized spacial score (nSPS) is 19.0.